The van der Waals surface area contributed by atoms with Gasteiger partial charge >= 0.3 is 0 Å². The second-order valence-electron chi connectivity index (χ2n) is 20.6. The zero-order valence-electron chi connectivity index (χ0n) is 43.5. The van der Waals surface area contributed by atoms with Crippen LogP contribution in [0.1, 0.15) is 20.8 Å². The van der Waals surface area contributed by atoms with Gasteiger partial charge < -0.3 is 169 Å². The van der Waals surface area contributed by atoms with Gasteiger partial charge in [-0.25, -0.2) is 0 Å². The molecule has 0 saturated carbocycles. The number of amides is 2. The maximum absolute atomic E-state index is 13.0. The first-order chi connectivity index (χ1) is 38.3. The van der Waals surface area contributed by atoms with E-state index in [1.54, 1.807) is 0 Å². The first kappa shape index (κ1) is 66.2. The first-order valence-electron chi connectivity index (χ1n) is 25.9. The number of hydrogen-bond acceptors (Lipinski definition) is 34. The molecule has 7 heterocycles. The Morgan fingerprint density at radius 2 is 0.716 bits per heavy atom. The first-order valence-corrected chi connectivity index (χ1v) is 25.9. The van der Waals surface area contributed by atoms with E-state index in [1.165, 1.54) is 6.92 Å². The summed E-state index contributed by atoms with van der Waals surface area (Å²) >= 11 is 0. The molecule has 0 spiro atoms. The third-order valence-electron chi connectivity index (χ3n) is 14.9. The zero-order chi connectivity index (χ0) is 59.6. The Morgan fingerprint density at radius 3 is 1.25 bits per heavy atom. The van der Waals surface area contributed by atoms with Gasteiger partial charge in [0.1, 0.15) is 159 Å². The molecule has 36 heteroatoms. The van der Waals surface area contributed by atoms with Crippen molar-refractivity contribution in [2.75, 3.05) is 39.6 Å². The Hall–Kier alpha value is -2.34. The topological polar surface area (TPSA) is 563 Å². The fourth-order valence-corrected chi connectivity index (χ4v) is 10.3. The van der Waals surface area contributed by atoms with Crippen LogP contribution in [0.15, 0.2) is 0 Å². The molecule has 0 radical (unpaired) electrons. The summed E-state index contributed by atoms with van der Waals surface area (Å²) in [6, 6.07) is -3.55. The molecule has 7 rings (SSSR count). The van der Waals surface area contributed by atoms with E-state index in [2.05, 4.69) is 10.6 Å². The number of aliphatic hydroxyl groups excluding tert-OH is 19. The second-order valence-corrected chi connectivity index (χ2v) is 20.6. The van der Waals surface area contributed by atoms with E-state index in [0.717, 1.165) is 13.8 Å². The molecule has 7 fully saturated rings. The maximum atomic E-state index is 13.0. The third-order valence-corrected chi connectivity index (χ3v) is 14.9. The van der Waals surface area contributed by atoms with Crippen molar-refractivity contribution >= 4 is 11.8 Å². The van der Waals surface area contributed by atoms with Gasteiger partial charge in [0.25, 0.3) is 0 Å². The van der Waals surface area contributed by atoms with Gasteiger partial charge in [-0.05, 0) is 6.92 Å². The number of aliphatic hydroxyl groups is 19. The van der Waals surface area contributed by atoms with Gasteiger partial charge in [0.2, 0.25) is 11.8 Å². The van der Waals surface area contributed by atoms with Crippen LogP contribution in [-0.2, 0) is 71.2 Å². The van der Waals surface area contributed by atoms with Crippen LogP contribution in [-0.4, -0.2) is 357 Å². The number of carbonyl (C=O) groups excluding carboxylic acids is 2. The second kappa shape index (κ2) is 28.4. The van der Waals surface area contributed by atoms with Crippen LogP contribution in [0.4, 0.5) is 0 Å². The van der Waals surface area contributed by atoms with Crippen molar-refractivity contribution in [3.05, 3.63) is 0 Å². The third kappa shape index (κ3) is 14.4. The lowest BCUT2D eigenvalue weighted by atomic mass is 9.93. The minimum Gasteiger partial charge on any atom is -0.394 e. The smallest absolute Gasteiger partial charge is 0.217 e. The van der Waals surface area contributed by atoms with Gasteiger partial charge in [0.05, 0.1) is 45.7 Å². The van der Waals surface area contributed by atoms with Gasteiger partial charge in [-0.3, -0.25) is 9.59 Å². The van der Waals surface area contributed by atoms with Gasteiger partial charge in [-0.2, -0.15) is 0 Å². The van der Waals surface area contributed by atoms with Crippen molar-refractivity contribution in [2.45, 2.75) is 229 Å². The molecule has 1 unspecified atom stereocenters. The van der Waals surface area contributed by atoms with Crippen LogP contribution >= 0.6 is 0 Å². The minimum atomic E-state index is -2.25. The lowest BCUT2D eigenvalue weighted by molar-refractivity contribution is -0.398. The summed E-state index contributed by atoms with van der Waals surface area (Å²) in [6.07, 6.45) is -60.9. The molecule has 2 amide bonds. The van der Waals surface area contributed by atoms with E-state index >= 15 is 0 Å². The normalized spacial score (nSPS) is 50.7. The van der Waals surface area contributed by atoms with Gasteiger partial charge in [-0.15, -0.1) is 0 Å². The van der Waals surface area contributed by atoms with Crippen LogP contribution < -0.4 is 10.6 Å². The van der Waals surface area contributed by atoms with Crippen LogP contribution in [0.5, 0.6) is 0 Å². The Balaban J connectivity index is 1.23. The summed E-state index contributed by atoms with van der Waals surface area (Å²) in [6.45, 7) is -2.29. The van der Waals surface area contributed by atoms with Gasteiger partial charge in [-0.1, -0.05) is 0 Å². The molecule has 7 aliphatic heterocycles. The van der Waals surface area contributed by atoms with E-state index in [1.807, 2.05) is 0 Å². The van der Waals surface area contributed by atoms with Crippen molar-refractivity contribution < 1.29 is 168 Å². The molecule has 81 heavy (non-hydrogen) atoms. The van der Waals surface area contributed by atoms with Crippen LogP contribution in [0.3, 0.4) is 0 Å². The largest absolute Gasteiger partial charge is 0.394 e. The van der Waals surface area contributed by atoms with E-state index in [9.17, 15) is 107 Å². The summed E-state index contributed by atoms with van der Waals surface area (Å²) < 4.78 is 75.9. The highest BCUT2D eigenvalue weighted by molar-refractivity contribution is 5.73. The lowest BCUT2D eigenvalue weighted by Crippen LogP contribution is -2.71. The molecular formula is C45H76N2O34. The van der Waals surface area contributed by atoms with Crippen molar-refractivity contribution in [2.24, 2.45) is 0 Å². The minimum absolute atomic E-state index is 0.770. The standard InChI is InChI=1S/C45H76N2O34/c1-10-21(54)28(61)32(65)41(71-10)70-9-18-36(26(59)19(39(68)72-18)46-11(2)52)78-40-20(47-12(3)53)27(60)35(16(7-51)76-40)79-45-38(81-43-31(64)24(57)15(6-50)75-43)37(80-44-34(67)30(63)23(56)14(5-49)74-44)25(58)17(77-45)8-69-42-33(66)29(62)22(55)13(4-48)73-42/h10,13-45,48-51,54-68H,4-9H2,1-3H3,(H,46,52)(H,47,53)/t10-,13+,14+,15+,16+,17+,18+,19+,20+,21+,22+,23+,24-,25+,26+,27+,28+,29-,30-,31+,32-,33-,34-,35+,36+,37-,38-,39?,40-,41+,42-,43-,44+,45-/m0/s1. The fraction of sp³-hybridized carbons (Fsp3) is 0.956. The number of rotatable bonds is 20. The molecule has 34 atom stereocenters. The quantitative estimate of drug-likeness (QED) is 0.0538. The molecule has 470 valence electrons. The highest BCUT2D eigenvalue weighted by atomic mass is 16.8. The van der Waals surface area contributed by atoms with E-state index in [4.69, 9.17) is 61.6 Å². The SMILES string of the molecule is CC(=O)N[C@H]1[C@H](O[C@H]2[C@H](O)[C@@H](NC(C)=O)C(O)O[C@@H]2CO[C@@H]2O[C@@H](C)[C@@H](O)[C@@H](O)[C@@H]2O)O[C@H](CO)[C@@H](O[C@@H]2O[C@H](CO[C@H]3O[C@H](CO)[C@@H](O)[C@H](O)[C@@H]3O)[C@@H](O)[C@H](O[C@H]3O[C@H](CO)[C@@H](O)[C@H](O)[C@@H]3O)[C@@H]2O[C@@H]2O[C@H](CO)[C@H](O)[C@H]2O)[C@@H]1O. The average Bonchev–Trinajstić information content (AvgIpc) is 3.84. The molecule has 21 N–H and O–H groups in total. The molecule has 0 aromatic carbocycles. The van der Waals surface area contributed by atoms with E-state index in [-0.39, 0.29) is 0 Å². The summed E-state index contributed by atoms with van der Waals surface area (Å²) in [5.41, 5.74) is 0. The van der Waals surface area contributed by atoms with Crippen molar-refractivity contribution in [3.8, 4) is 0 Å². The van der Waals surface area contributed by atoms with Crippen molar-refractivity contribution in [1.29, 1.82) is 0 Å². The molecule has 0 aromatic rings. The summed E-state index contributed by atoms with van der Waals surface area (Å²) in [4.78, 5) is 25.2. The zero-order valence-corrected chi connectivity index (χ0v) is 43.5. The number of hydrogen-bond donors (Lipinski definition) is 21. The van der Waals surface area contributed by atoms with Gasteiger partial charge in [0, 0.05) is 13.8 Å². The predicted molar refractivity (Wildman–Crippen MR) is 248 cm³/mol. The molecule has 0 bridgehead atoms. The highest BCUT2D eigenvalue weighted by Gasteiger charge is 2.59. The monoisotopic (exact) mass is 1190 g/mol. The Bertz CT molecular complexity index is 1990. The predicted octanol–water partition coefficient (Wildman–Crippen LogP) is -14.3. The number of ether oxygens (including phenoxy) is 13. The Kier molecular flexibility index (Phi) is 23.2. The summed E-state index contributed by atoms with van der Waals surface area (Å²) in [5.74, 6) is -1.68. The molecule has 7 aliphatic rings. The molecule has 0 aromatic heterocycles. The van der Waals surface area contributed by atoms with Crippen LogP contribution in [0.2, 0.25) is 0 Å². The Labute approximate surface area is 459 Å². The van der Waals surface area contributed by atoms with Gasteiger partial charge in [0.15, 0.2) is 44.0 Å². The summed E-state index contributed by atoms with van der Waals surface area (Å²) in [7, 11) is 0. The number of carbonyl (C=O) groups is 2. The van der Waals surface area contributed by atoms with Crippen LogP contribution in [0, 0.1) is 0 Å². The molecule has 0 aliphatic carbocycles. The van der Waals surface area contributed by atoms with Crippen molar-refractivity contribution in [1.82, 2.24) is 10.6 Å². The molecule has 7 saturated heterocycles. The molecular weight excluding hydrogens is 1110 g/mol. The number of nitrogens with one attached hydrogen (secondary N) is 2. The highest BCUT2D eigenvalue weighted by Crippen LogP contribution is 2.38. The Morgan fingerprint density at radius 1 is 0.346 bits per heavy atom. The molecule has 36 nitrogen and oxygen atoms in total. The maximum Gasteiger partial charge on any atom is 0.217 e. The van der Waals surface area contributed by atoms with E-state index < -0.39 is 260 Å². The summed E-state index contributed by atoms with van der Waals surface area (Å²) in [5, 5.41) is 210. The average molecular weight is 1190 g/mol. The van der Waals surface area contributed by atoms with Crippen LogP contribution in [0.25, 0.3) is 0 Å². The lowest BCUT2D eigenvalue weighted by Gasteiger charge is -2.51. The van der Waals surface area contributed by atoms with E-state index in [0.29, 0.717) is 0 Å². The van der Waals surface area contributed by atoms with Crippen molar-refractivity contribution in [3.63, 3.8) is 0 Å². The fourth-order valence-electron chi connectivity index (χ4n) is 10.3.